The number of aliphatic hydroxyl groups is 2. The van der Waals surface area contributed by atoms with Gasteiger partial charge < -0.3 is 42.1 Å². The lowest BCUT2D eigenvalue weighted by Gasteiger charge is -2.15. The number of anilines is 10. The van der Waals surface area contributed by atoms with Gasteiger partial charge in [0.25, 0.3) is 20.2 Å². The molecule has 20 nitrogen and oxygen atoms in total. The Balaban J connectivity index is 1.28. The molecule has 0 fully saturated rings. The molecule has 0 radical (unpaired) electrons. The van der Waals surface area contributed by atoms with Gasteiger partial charge in [-0.3, -0.25) is 9.11 Å². The molecule has 2 aromatic heterocycles. The minimum Gasteiger partial charge on any atom is -0.394 e. The highest BCUT2D eigenvalue weighted by Crippen LogP contribution is 2.29. The molecule has 2 heterocycles. The first-order valence-electron chi connectivity index (χ1n) is 18.0. The zero-order valence-electron chi connectivity index (χ0n) is 31.9. The summed E-state index contributed by atoms with van der Waals surface area (Å²) in [6, 6.07) is 25.2. The van der Waals surface area contributed by atoms with E-state index in [0.29, 0.717) is 11.4 Å². The Morgan fingerprint density at radius 2 is 0.800 bits per heavy atom. The number of hydrogen-bond donors (Lipinski definition) is 10. The summed E-state index contributed by atoms with van der Waals surface area (Å²) in [6.07, 6.45) is 2.50. The van der Waals surface area contributed by atoms with E-state index in [1.807, 2.05) is 36.4 Å². The molecule has 0 amide bonds. The lowest BCUT2D eigenvalue weighted by atomic mass is 10.1. The van der Waals surface area contributed by atoms with Crippen molar-refractivity contribution in [3.8, 4) is 0 Å². The van der Waals surface area contributed by atoms with E-state index in [4.69, 9.17) is 0 Å². The molecule has 60 heavy (non-hydrogen) atoms. The molecule has 0 saturated heterocycles. The fourth-order valence-electron chi connectivity index (χ4n) is 5.32. The quantitative estimate of drug-likeness (QED) is 0.0388. The molecule has 6 rings (SSSR count). The van der Waals surface area contributed by atoms with Crippen molar-refractivity contribution < 1.29 is 36.2 Å². The molecule has 2 unspecified atom stereocenters. The highest BCUT2D eigenvalue weighted by atomic mass is 32.2. The molecule has 0 aliphatic heterocycles. The SMILES string of the molecule is CC(CO)Nc1nc(Nc2ccccc2)nc(Nc2ccc(/C=C/c3ccc(Nc4nc(Nc5ccccc5)nc(NC(C)CO)n4)cc3S(=O)(=O)O)c(S(=O)(=O)O)c2)n1. The molecule has 22 heteroatoms. The number of aromatic nitrogens is 6. The Morgan fingerprint density at radius 3 is 1.12 bits per heavy atom. The van der Waals surface area contributed by atoms with Crippen LogP contribution in [0.3, 0.4) is 0 Å². The van der Waals surface area contributed by atoms with E-state index in [-0.39, 0.29) is 71.4 Å². The second kappa shape index (κ2) is 18.8. The van der Waals surface area contributed by atoms with E-state index < -0.39 is 42.1 Å². The van der Waals surface area contributed by atoms with Gasteiger partial charge in [0.05, 0.1) is 13.2 Å². The number of rotatable bonds is 18. The van der Waals surface area contributed by atoms with Gasteiger partial charge in [-0.1, -0.05) is 60.7 Å². The Kier molecular flexibility index (Phi) is 13.4. The maximum Gasteiger partial charge on any atom is 0.295 e. The molecular formula is C38H40N12O8S2. The van der Waals surface area contributed by atoms with Crippen LogP contribution < -0.4 is 31.9 Å². The average Bonchev–Trinajstić information content (AvgIpc) is 3.20. The largest absolute Gasteiger partial charge is 0.394 e. The Labute approximate surface area is 344 Å². The van der Waals surface area contributed by atoms with Crippen molar-refractivity contribution >= 4 is 90.8 Å². The Bertz CT molecular complexity index is 2510. The smallest absolute Gasteiger partial charge is 0.295 e. The normalized spacial score (nSPS) is 12.7. The van der Waals surface area contributed by atoms with Crippen LogP contribution in [-0.2, 0) is 20.2 Å². The number of aliphatic hydroxyl groups excluding tert-OH is 2. The van der Waals surface area contributed by atoms with Gasteiger partial charge in [-0.15, -0.1) is 0 Å². The first-order valence-corrected chi connectivity index (χ1v) is 20.9. The van der Waals surface area contributed by atoms with Crippen molar-refractivity contribution in [3.63, 3.8) is 0 Å². The first-order chi connectivity index (χ1) is 28.6. The number of benzene rings is 4. The van der Waals surface area contributed by atoms with Crippen LogP contribution in [0.4, 0.5) is 58.4 Å². The zero-order chi connectivity index (χ0) is 42.9. The number of nitrogens with one attached hydrogen (secondary N) is 6. The third-order valence-corrected chi connectivity index (χ3v) is 9.99. The van der Waals surface area contributed by atoms with Gasteiger partial charge in [0.2, 0.25) is 35.7 Å². The van der Waals surface area contributed by atoms with Crippen LogP contribution in [0.15, 0.2) is 107 Å². The number of para-hydroxylation sites is 2. The summed E-state index contributed by atoms with van der Waals surface area (Å²) in [7, 11) is -9.73. The van der Waals surface area contributed by atoms with Crippen molar-refractivity contribution in [1.29, 1.82) is 0 Å². The van der Waals surface area contributed by atoms with Crippen LogP contribution in [0, 0.1) is 0 Å². The van der Waals surface area contributed by atoms with Gasteiger partial charge in [0.15, 0.2) is 0 Å². The van der Waals surface area contributed by atoms with Gasteiger partial charge in [0.1, 0.15) is 9.79 Å². The van der Waals surface area contributed by atoms with Crippen LogP contribution in [0.5, 0.6) is 0 Å². The van der Waals surface area contributed by atoms with Crippen molar-refractivity contribution in [1.82, 2.24) is 29.9 Å². The molecule has 0 aliphatic carbocycles. The van der Waals surface area contributed by atoms with E-state index in [9.17, 15) is 36.2 Å². The molecule has 0 bridgehead atoms. The molecule has 0 spiro atoms. The maximum absolute atomic E-state index is 12.6. The van der Waals surface area contributed by atoms with Crippen LogP contribution in [-0.4, -0.2) is 91.4 Å². The maximum atomic E-state index is 12.6. The van der Waals surface area contributed by atoms with Gasteiger partial charge >= 0.3 is 0 Å². The van der Waals surface area contributed by atoms with Crippen LogP contribution in [0.25, 0.3) is 12.2 Å². The lowest BCUT2D eigenvalue weighted by molar-refractivity contribution is 0.281. The topological polar surface area (TPSA) is 299 Å². The predicted molar refractivity (Wildman–Crippen MR) is 227 cm³/mol. The van der Waals surface area contributed by atoms with Crippen LogP contribution in [0.2, 0.25) is 0 Å². The fourth-order valence-corrected chi connectivity index (χ4v) is 6.74. The van der Waals surface area contributed by atoms with Crippen molar-refractivity contribution in [2.75, 3.05) is 45.1 Å². The average molecular weight is 857 g/mol. The third kappa shape index (κ3) is 11.9. The van der Waals surface area contributed by atoms with E-state index in [0.717, 1.165) is 12.1 Å². The molecular weight excluding hydrogens is 817 g/mol. The Hall–Kier alpha value is -6.82. The predicted octanol–water partition coefficient (Wildman–Crippen LogP) is 5.28. The first kappa shape index (κ1) is 42.8. The van der Waals surface area contributed by atoms with Gasteiger partial charge in [-0.05, 0) is 73.5 Å². The van der Waals surface area contributed by atoms with Crippen molar-refractivity contribution in [2.24, 2.45) is 0 Å². The second-order valence-electron chi connectivity index (χ2n) is 13.1. The summed E-state index contributed by atoms with van der Waals surface area (Å²) in [5, 5.41) is 36.9. The molecule has 10 N–H and O–H groups in total. The summed E-state index contributed by atoms with van der Waals surface area (Å²) < 4.78 is 71.0. The van der Waals surface area contributed by atoms with E-state index in [1.54, 1.807) is 38.1 Å². The minimum absolute atomic E-state index is 0.0137. The number of nitrogens with zero attached hydrogens (tertiary/aromatic N) is 6. The summed E-state index contributed by atoms with van der Waals surface area (Å²) in [5.41, 5.74) is 1.58. The van der Waals surface area contributed by atoms with Crippen LogP contribution in [0.1, 0.15) is 25.0 Å². The zero-order valence-corrected chi connectivity index (χ0v) is 33.5. The molecule has 4 aromatic carbocycles. The van der Waals surface area contributed by atoms with E-state index in [1.165, 1.54) is 36.4 Å². The summed E-state index contributed by atoms with van der Waals surface area (Å²) in [6.45, 7) is 3.00. The van der Waals surface area contributed by atoms with E-state index >= 15 is 0 Å². The lowest BCUT2D eigenvalue weighted by Crippen LogP contribution is -2.21. The molecule has 2 atom stereocenters. The molecule has 0 saturated carbocycles. The Morgan fingerprint density at radius 1 is 0.483 bits per heavy atom. The summed E-state index contributed by atoms with van der Waals surface area (Å²) in [4.78, 5) is 25.0. The third-order valence-electron chi connectivity index (χ3n) is 8.17. The molecule has 0 aliphatic rings. The van der Waals surface area contributed by atoms with Crippen LogP contribution >= 0.6 is 0 Å². The number of hydrogen-bond acceptors (Lipinski definition) is 18. The summed E-state index contributed by atoms with van der Waals surface area (Å²) in [5.74, 6) is 0.435. The highest BCUT2D eigenvalue weighted by Gasteiger charge is 2.19. The molecule has 6 aromatic rings. The standard InChI is InChI=1S/C38H40N12O8S2/c1-23(21-51)39-33-45-35(41-27-9-5-3-6-10-27)49-37(47-33)43-29-17-15-25(31(19-29)59(53,54)55)13-14-26-16-18-30(20-32(26)60(56,57)58)44-38-48-34(40-24(2)22-52)46-36(50-38)42-28-11-7-4-8-12-28/h3-20,23-24,51-52H,21-22H2,1-2H3,(H,53,54,55)(H,56,57,58)(H3,39,41,43,45,47,49)(H3,40,42,44,46,48,50)/b14-13+. The van der Waals surface area contributed by atoms with Crippen molar-refractivity contribution in [2.45, 2.75) is 35.7 Å². The van der Waals surface area contributed by atoms with Crippen molar-refractivity contribution in [3.05, 3.63) is 108 Å². The highest BCUT2D eigenvalue weighted by molar-refractivity contribution is 7.86. The monoisotopic (exact) mass is 856 g/mol. The summed E-state index contributed by atoms with van der Waals surface area (Å²) >= 11 is 0. The fraction of sp³-hybridized carbons (Fsp3) is 0.158. The van der Waals surface area contributed by atoms with Gasteiger partial charge in [-0.2, -0.15) is 46.7 Å². The minimum atomic E-state index is -4.86. The van der Waals surface area contributed by atoms with Gasteiger partial charge in [-0.25, -0.2) is 0 Å². The van der Waals surface area contributed by atoms with Gasteiger partial charge in [0, 0.05) is 34.8 Å². The molecule has 312 valence electrons. The second-order valence-corrected chi connectivity index (χ2v) is 15.9. The van der Waals surface area contributed by atoms with E-state index in [2.05, 4.69) is 61.8 Å².